The molecule has 4 nitrogen and oxygen atoms in total. The van der Waals surface area contributed by atoms with Gasteiger partial charge in [-0.05, 0) is 24.5 Å². The fourth-order valence-corrected chi connectivity index (χ4v) is 3.09. The van der Waals surface area contributed by atoms with Gasteiger partial charge in [0.05, 0.1) is 0 Å². The zero-order valence-corrected chi connectivity index (χ0v) is 14.2. The zero-order valence-electron chi connectivity index (χ0n) is 12.6. The number of nitrogens with one attached hydrogen (secondary N) is 1. The molecular formula is C16H20ClN3OS. The number of anilines is 1. The van der Waals surface area contributed by atoms with E-state index in [2.05, 4.69) is 22.4 Å². The molecule has 0 saturated heterocycles. The highest BCUT2D eigenvalue weighted by Gasteiger charge is 2.09. The summed E-state index contributed by atoms with van der Waals surface area (Å²) < 4.78 is 0. The minimum atomic E-state index is -0.0591. The number of unbranched alkanes of at least 4 members (excludes halogenated alkanes) is 2. The third-order valence-corrected chi connectivity index (χ3v) is 4.55. The summed E-state index contributed by atoms with van der Waals surface area (Å²) in [4.78, 5) is 12.0. The van der Waals surface area contributed by atoms with E-state index < -0.39 is 0 Å². The molecule has 0 aliphatic carbocycles. The first-order valence-electron chi connectivity index (χ1n) is 7.54. The third-order valence-electron chi connectivity index (χ3n) is 3.29. The van der Waals surface area contributed by atoms with E-state index in [1.807, 2.05) is 24.3 Å². The summed E-state index contributed by atoms with van der Waals surface area (Å²) in [6.45, 7) is 2.17. The van der Waals surface area contributed by atoms with Gasteiger partial charge in [-0.1, -0.05) is 60.9 Å². The molecule has 118 valence electrons. The van der Waals surface area contributed by atoms with Gasteiger partial charge in [0.2, 0.25) is 11.0 Å². The Bertz CT molecular complexity index is 615. The molecule has 0 atom stereocenters. The topological polar surface area (TPSA) is 54.9 Å². The van der Waals surface area contributed by atoms with Gasteiger partial charge in [-0.2, -0.15) is 0 Å². The number of aromatic nitrogens is 2. The van der Waals surface area contributed by atoms with Crippen LogP contribution in [0.15, 0.2) is 24.3 Å². The summed E-state index contributed by atoms with van der Waals surface area (Å²) in [6, 6.07) is 7.58. The lowest BCUT2D eigenvalue weighted by Gasteiger charge is -2.03. The monoisotopic (exact) mass is 337 g/mol. The van der Waals surface area contributed by atoms with Gasteiger partial charge in [-0.15, -0.1) is 10.2 Å². The van der Waals surface area contributed by atoms with Gasteiger partial charge in [-0.25, -0.2) is 0 Å². The van der Waals surface area contributed by atoms with Crippen molar-refractivity contribution in [1.29, 1.82) is 0 Å². The van der Waals surface area contributed by atoms with Crippen LogP contribution in [0.25, 0.3) is 0 Å². The summed E-state index contributed by atoms with van der Waals surface area (Å²) in [5.41, 5.74) is 0.983. The minimum Gasteiger partial charge on any atom is -0.301 e. The molecule has 0 aliphatic heterocycles. The number of hydrogen-bond donors (Lipinski definition) is 1. The van der Waals surface area contributed by atoms with E-state index in [4.69, 9.17) is 11.6 Å². The van der Waals surface area contributed by atoms with E-state index in [0.29, 0.717) is 23.0 Å². The molecular weight excluding hydrogens is 318 g/mol. The zero-order chi connectivity index (χ0) is 15.8. The minimum absolute atomic E-state index is 0.0591. The SMILES string of the molecule is CCCCCc1nnc(NC(=O)CCc2ccccc2Cl)s1. The number of nitrogens with zero attached hydrogens (tertiary/aromatic N) is 2. The van der Waals surface area contributed by atoms with Gasteiger partial charge in [0.15, 0.2) is 0 Å². The summed E-state index contributed by atoms with van der Waals surface area (Å²) in [5.74, 6) is -0.0591. The van der Waals surface area contributed by atoms with Crippen LogP contribution in [-0.2, 0) is 17.6 Å². The Balaban J connectivity index is 1.78. The first-order valence-corrected chi connectivity index (χ1v) is 8.74. The molecule has 1 amide bonds. The number of halogens is 1. The van der Waals surface area contributed by atoms with E-state index in [1.54, 1.807) is 0 Å². The van der Waals surface area contributed by atoms with Crippen molar-refractivity contribution >= 4 is 34.0 Å². The fourth-order valence-electron chi connectivity index (χ4n) is 2.06. The second-order valence-electron chi connectivity index (χ2n) is 5.10. The summed E-state index contributed by atoms with van der Waals surface area (Å²) in [6.07, 6.45) is 5.43. The Hall–Kier alpha value is -1.46. The number of hydrogen-bond acceptors (Lipinski definition) is 4. The van der Waals surface area contributed by atoms with E-state index >= 15 is 0 Å². The molecule has 2 aromatic rings. The lowest BCUT2D eigenvalue weighted by Crippen LogP contribution is -2.12. The molecule has 0 fully saturated rings. The van der Waals surface area contributed by atoms with Crippen LogP contribution in [0.3, 0.4) is 0 Å². The Kier molecular flexibility index (Phi) is 6.80. The van der Waals surface area contributed by atoms with Gasteiger partial charge >= 0.3 is 0 Å². The van der Waals surface area contributed by atoms with E-state index in [0.717, 1.165) is 23.4 Å². The number of amides is 1. The van der Waals surface area contributed by atoms with Gasteiger partial charge in [0, 0.05) is 17.9 Å². The van der Waals surface area contributed by atoms with E-state index in [-0.39, 0.29) is 5.91 Å². The molecule has 6 heteroatoms. The lowest BCUT2D eigenvalue weighted by atomic mass is 10.1. The van der Waals surface area contributed by atoms with Crippen molar-refractivity contribution in [2.24, 2.45) is 0 Å². The Labute approximate surface area is 139 Å². The van der Waals surface area contributed by atoms with Gasteiger partial charge < -0.3 is 5.32 Å². The summed E-state index contributed by atoms with van der Waals surface area (Å²) in [5, 5.41) is 13.2. The van der Waals surface area contributed by atoms with Crippen molar-refractivity contribution in [3.8, 4) is 0 Å². The second-order valence-corrected chi connectivity index (χ2v) is 6.57. The van der Waals surface area contributed by atoms with Gasteiger partial charge in [0.1, 0.15) is 5.01 Å². The molecule has 0 aliphatic rings. The number of carbonyl (C=O) groups is 1. The lowest BCUT2D eigenvalue weighted by molar-refractivity contribution is -0.116. The molecule has 0 spiro atoms. The van der Waals surface area contributed by atoms with Crippen LogP contribution in [0.4, 0.5) is 5.13 Å². The molecule has 1 aromatic heterocycles. The number of rotatable bonds is 8. The van der Waals surface area contributed by atoms with E-state index in [9.17, 15) is 4.79 Å². The van der Waals surface area contributed by atoms with Crippen LogP contribution in [0.2, 0.25) is 5.02 Å². The maximum atomic E-state index is 12.0. The van der Waals surface area contributed by atoms with Crippen LogP contribution in [0, 0.1) is 0 Å². The highest BCUT2D eigenvalue weighted by molar-refractivity contribution is 7.15. The van der Waals surface area contributed by atoms with Crippen molar-refractivity contribution in [2.75, 3.05) is 5.32 Å². The Morgan fingerprint density at radius 1 is 1.23 bits per heavy atom. The number of benzene rings is 1. The maximum absolute atomic E-state index is 12.0. The van der Waals surface area contributed by atoms with Gasteiger partial charge in [0.25, 0.3) is 0 Å². The first-order chi connectivity index (χ1) is 10.7. The molecule has 1 aromatic carbocycles. The largest absolute Gasteiger partial charge is 0.301 e. The standard InChI is InChI=1S/C16H20ClN3OS/c1-2-3-4-9-15-19-20-16(22-15)18-14(21)11-10-12-7-5-6-8-13(12)17/h5-8H,2-4,9-11H2,1H3,(H,18,20,21). The first kappa shape index (κ1) is 16.9. The van der Waals surface area contributed by atoms with Crippen LogP contribution < -0.4 is 5.32 Å². The molecule has 0 unspecified atom stereocenters. The quantitative estimate of drug-likeness (QED) is 0.722. The number of aryl methyl sites for hydroxylation is 2. The van der Waals surface area contributed by atoms with Crippen molar-refractivity contribution in [3.05, 3.63) is 39.9 Å². The fraction of sp³-hybridized carbons (Fsp3) is 0.438. The third kappa shape index (κ3) is 5.39. The molecule has 1 heterocycles. The van der Waals surface area contributed by atoms with Crippen LogP contribution in [0.5, 0.6) is 0 Å². The Morgan fingerprint density at radius 3 is 2.82 bits per heavy atom. The Morgan fingerprint density at radius 2 is 2.05 bits per heavy atom. The number of carbonyl (C=O) groups excluding carboxylic acids is 1. The molecule has 22 heavy (non-hydrogen) atoms. The average molecular weight is 338 g/mol. The van der Waals surface area contributed by atoms with Crippen LogP contribution in [-0.4, -0.2) is 16.1 Å². The summed E-state index contributed by atoms with van der Waals surface area (Å²) >= 11 is 7.54. The van der Waals surface area contributed by atoms with Crippen LogP contribution >= 0.6 is 22.9 Å². The van der Waals surface area contributed by atoms with Crippen molar-refractivity contribution < 1.29 is 4.79 Å². The highest BCUT2D eigenvalue weighted by atomic mass is 35.5. The molecule has 0 saturated carbocycles. The van der Waals surface area contributed by atoms with Crippen LogP contribution in [0.1, 0.15) is 43.2 Å². The second kappa shape index (κ2) is 8.86. The molecule has 2 rings (SSSR count). The maximum Gasteiger partial charge on any atom is 0.226 e. The predicted molar refractivity (Wildman–Crippen MR) is 91.5 cm³/mol. The predicted octanol–water partition coefficient (Wildman–Crippen LogP) is 4.50. The van der Waals surface area contributed by atoms with Crippen molar-refractivity contribution in [1.82, 2.24) is 10.2 Å². The van der Waals surface area contributed by atoms with E-state index in [1.165, 1.54) is 24.2 Å². The van der Waals surface area contributed by atoms with Gasteiger partial charge in [-0.3, -0.25) is 4.79 Å². The molecule has 0 radical (unpaired) electrons. The van der Waals surface area contributed by atoms with Crippen molar-refractivity contribution in [3.63, 3.8) is 0 Å². The van der Waals surface area contributed by atoms with Crippen molar-refractivity contribution in [2.45, 2.75) is 45.4 Å². The smallest absolute Gasteiger partial charge is 0.226 e. The summed E-state index contributed by atoms with van der Waals surface area (Å²) in [7, 11) is 0. The highest BCUT2D eigenvalue weighted by Crippen LogP contribution is 2.19. The normalized spacial score (nSPS) is 10.6. The molecule has 1 N–H and O–H groups in total. The molecule has 0 bridgehead atoms. The average Bonchev–Trinajstić information content (AvgIpc) is 2.94.